The first-order valence-electron chi connectivity index (χ1n) is 7.00. The fourth-order valence-electron chi connectivity index (χ4n) is 2.49. The molecule has 0 saturated carbocycles. The Morgan fingerprint density at radius 1 is 1.50 bits per heavy atom. The molecule has 22 heavy (non-hydrogen) atoms. The fraction of sp³-hybridized carbons (Fsp3) is 0.467. The van der Waals surface area contributed by atoms with Gasteiger partial charge in [0.2, 0.25) is 5.91 Å². The Morgan fingerprint density at radius 2 is 2.23 bits per heavy atom. The molecule has 2 rings (SSSR count). The summed E-state index contributed by atoms with van der Waals surface area (Å²) < 4.78 is 37.9. The summed E-state index contributed by atoms with van der Waals surface area (Å²) >= 11 is 0. The van der Waals surface area contributed by atoms with E-state index in [0.29, 0.717) is 31.6 Å². The summed E-state index contributed by atoms with van der Waals surface area (Å²) in [4.78, 5) is 13.3. The van der Waals surface area contributed by atoms with Crippen molar-refractivity contribution < 1.29 is 18.0 Å². The minimum Gasteiger partial charge on any atom is -0.379 e. The molecule has 0 radical (unpaired) electrons. The van der Waals surface area contributed by atoms with E-state index in [1.807, 2.05) is 0 Å². The molecule has 0 bridgehead atoms. The monoisotopic (exact) mass is 311 g/mol. The van der Waals surface area contributed by atoms with E-state index in [-0.39, 0.29) is 17.5 Å². The summed E-state index contributed by atoms with van der Waals surface area (Å²) in [6.45, 7) is 2.90. The first-order chi connectivity index (χ1) is 10.3. The van der Waals surface area contributed by atoms with Crippen LogP contribution < -0.4 is 5.32 Å². The number of carbonyl (C=O) groups excluding carboxylic acids is 1. The Morgan fingerprint density at radius 3 is 2.82 bits per heavy atom. The van der Waals surface area contributed by atoms with E-state index in [4.69, 9.17) is 5.26 Å². The first kappa shape index (κ1) is 16.1. The number of likely N-dealkylation sites (tertiary alicyclic amines) is 1. The molecule has 4 nitrogen and oxygen atoms in total. The third-order valence-corrected chi connectivity index (χ3v) is 3.67. The molecule has 1 aliphatic rings. The minimum absolute atomic E-state index is 0.0462. The van der Waals surface area contributed by atoms with Gasteiger partial charge in [-0.05, 0) is 24.6 Å². The van der Waals surface area contributed by atoms with Crippen molar-refractivity contribution in [3.05, 3.63) is 29.3 Å². The number of nitrogens with zero attached hydrogens (tertiary/aromatic N) is 2. The van der Waals surface area contributed by atoms with Gasteiger partial charge in [-0.1, -0.05) is 6.92 Å². The van der Waals surface area contributed by atoms with Crippen molar-refractivity contribution in [1.82, 2.24) is 4.90 Å². The normalized spacial score (nSPS) is 18.1. The largest absolute Gasteiger partial charge is 0.416 e. The van der Waals surface area contributed by atoms with Crippen molar-refractivity contribution in [2.45, 2.75) is 32.0 Å². The van der Waals surface area contributed by atoms with Crippen LogP contribution in [0.4, 0.5) is 18.9 Å². The molecule has 0 spiro atoms. The van der Waals surface area contributed by atoms with E-state index >= 15 is 0 Å². The van der Waals surface area contributed by atoms with Gasteiger partial charge in [-0.2, -0.15) is 18.4 Å². The average Bonchev–Trinajstić information content (AvgIpc) is 2.94. The number of halogens is 3. The zero-order valence-electron chi connectivity index (χ0n) is 12.1. The van der Waals surface area contributed by atoms with Crippen LogP contribution >= 0.6 is 0 Å². The topological polar surface area (TPSA) is 56.1 Å². The van der Waals surface area contributed by atoms with Gasteiger partial charge < -0.3 is 10.2 Å². The second-order valence-electron chi connectivity index (χ2n) is 5.19. The van der Waals surface area contributed by atoms with E-state index in [2.05, 4.69) is 5.32 Å². The molecule has 1 aliphatic heterocycles. The van der Waals surface area contributed by atoms with Gasteiger partial charge in [0.25, 0.3) is 0 Å². The Hall–Kier alpha value is -2.23. The predicted molar refractivity (Wildman–Crippen MR) is 75.1 cm³/mol. The zero-order valence-corrected chi connectivity index (χ0v) is 12.1. The van der Waals surface area contributed by atoms with E-state index < -0.39 is 11.7 Å². The molecule has 1 heterocycles. The van der Waals surface area contributed by atoms with Crippen LogP contribution in [0, 0.1) is 11.3 Å². The SMILES string of the molecule is CCC(=O)N1CCC(Nc2ccc(C(F)(F)F)cc2C#N)C1. The van der Waals surface area contributed by atoms with Crippen molar-refractivity contribution in [2.75, 3.05) is 18.4 Å². The maximum absolute atomic E-state index is 12.6. The second kappa shape index (κ2) is 6.26. The summed E-state index contributed by atoms with van der Waals surface area (Å²) in [6, 6.07) is 4.79. The molecule has 1 atom stereocenters. The molecular formula is C15H16F3N3O. The van der Waals surface area contributed by atoms with Crippen LogP contribution in [0.5, 0.6) is 0 Å². The Bertz CT molecular complexity index is 607. The highest BCUT2D eigenvalue weighted by molar-refractivity contribution is 5.76. The number of carbonyl (C=O) groups is 1. The standard InChI is InChI=1S/C15H16F3N3O/c1-2-14(22)21-6-5-12(9-21)20-13-4-3-11(15(16,17)18)7-10(13)8-19/h3-4,7,12,20H,2,5-6,9H2,1H3. The quantitative estimate of drug-likeness (QED) is 0.933. The molecule has 1 fully saturated rings. The number of alkyl halides is 3. The molecule has 0 aliphatic carbocycles. The molecule has 1 N–H and O–H groups in total. The van der Waals surface area contributed by atoms with Gasteiger partial charge in [0, 0.05) is 25.6 Å². The summed E-state index contributed by atoms with van der Waals surface area (Å²) in [5.41, 5.74) is -0.523. The highest BCUT2D eigenvalue weighted by Gasteiger charge is 2.31. The van der Waals surface area contributed by atoms with Crippen LogP contribution in [0.2, 0.25) is 0 Å². The smallest absolute Gasteiger partial charge is 0.379 e. The number of hydrogen-bond acceptors (Lipinski definition) is 3. The molecule has 1 aromatic rings. The Labute approximate surface area is 126 Å². The molecule has 7 heteroatoms. The van der Waals surface area contributed by atoms with Crippen LogP contribution in [0.15, 0.2) is 18.2 Å². The van der Waals surface area contributed by atoms with Gasteiger partial charge in [0.15, 0.2) is 0 Å². The summed E-state index contributed by atoms with van der Waals surface area (Å²) in [5.74, 6) is 0.0530. The summed E-state index contributed by atoms with van der Waals surface area (Å²) in [5, 5.41) is 12.1. The maximum atomic E-state index is 12.6. The first-order valence-corrected chi connectivity index (χ1v) is 7.00. The lowest BCUT2D eigenvalue weighted by atomic mass is 10.1. The predicted octanol–water partition coefficient (Wildman–Crippen LogP) is 3.00. The van der Waals surface area contributed by atoms with Gasteiger partial charge >= 0.3 is 6.18 Å². The lowest BCUT2D eigenvalue weighted by Gasteiger charge is -2.18. The zero-order chi connectivity index (χ0) is 16.3. The van der Waals surface area contributed by atoms with E-state index in [1.54, 1.807) is 17.9 Å². The lowest BCUT2D eigenvalue weighted by Crippen LogP contribution is -2.31. The Kier molecular flexibility index (Phi) is 4.59. The van der Waals surface area contributed by atoms with E-state index in [9.17, 15) is 18.0 Å². The number of nitrogens with one attached hydrogen (secondary N) is 1. The molecule has 118 valence electrons. The summed E-state index contributed by atoms with van der Waals surface area (Å²) in [7, 11) is 0. The van der Waals surface area contributed by atoms with Crippen LogP contribution in [0.25, 0.3) is 0 Å². The van der Waals surface area contributed by atoms with E-state index in [1.165, 1.54) is 6.07 Å². The van der Waals surface area contributed by atoms with Gasteiger partial charge in [0.05, 0.1) is 16.8 Å². The number of amides is 1. The van der Waals surface area contributed by atoms with Crippen molar-refractivity contribution in [3.8, 4) is 6.07 Å². The molecule has 0 aromatic heterocycles. The number of anilines is 1. The fourth-order valence-corrected chi connectivity index (χ4v) is 2.49. The Balaban J connectivity index is 2.11. The lowest BCUT2D eigenvalue weighted by molar-refractivity contribution is -0.137. The van der Waals surface area contributed by atoms with Crippen molar-refractivity contribution in [1.29, 1.82) is 5.26 Å². The number of rotatable bonds is 3. The number of benzene rings is 1. The summed E-state index contributed by atoms with van der Waals surface area (Å²) in [6.07, 6.45) is -3.34. The average molecular weight is 311 g/mol. The van der Waals surface area contributed by atoms with Crippen LogP contribution in [0.1, 0.15) is 30.9 Å². The highest BCUT2D eigenvalue weighted by Crippen LogP contribution is 2.32. The molecule has 1 amide bonds. The highest BCUT2D eigenvalue weighted by atomic mass is 19.4. The van der Waals surface area contributed by atoms with Gasteiger partial charge in [-0.3, -0.25) is 4.79 Å². The minimum atomic E-state index is -4.47. The molecular weight excluding hydrogens is 295 g/mol. The number of hydrogen-bond donors (Lipinski definition) is 1. The van der Waals surface area contributed by atoms with Crippen molar-refractivity contribution >= 4 is 11.6 Å². The molecule has 1 aromatic carbocycles. The third-order valence-electron chi connectivity index (χ3n) is 3.67. The maximum Gasteiger partial charge on any atom is 0.416 e. The van der Waals surface area contributed by atoms with Crippen molar-refractivity contribution in [2.24, 2.45) is 0 Å². The molecule has 1 unspecified atom stereocenters. The van der Waals surface area contributed by atoms with Crippen LogP contribution in [-0.2, 0) is 11.0 Å². The third kappa shape index (κ3) is 3.50. The second-order valence-corrected chi connectivity index (χ2v) is 5.19. The van der Waals surface area contributed by atoms with Gasteiger partial charge in [0.1, 0.15) is 6.07 Å². The number of nitriles is 1. The van der Waals surface area contributed by atoms with Gasteiger partial charge in [-0.25, -0.2) is 0 Å². The van der Waals surface area contributed by atoms with Crippen LogP contribution in [-0.4, -0.2) is 29.9 Å². The van der Waals surface area contributed by atoms with E-state index in [0.717, 1.165) is 12.1 Å². The van der Waals surface area contributed by atoms with Crippen LogP contribution in [0.3, 0.4) is 0 Å². The van der Waals surface area contributed by atoms with Gasteiger partial charge in [-0.15, -0.1) is 0 Å². The molecule has 1 saturated heterocycles. The van der Waals surface area contributed by atoms with Crippen molar-refractivity contribution in [3.63, 3.8) is 0 Å².